The Balaban J connectivity index is 1.03. The lowest BCUT2D eigenvalue weighted by molar-refractivity contribution is -0.286. The first-order chi connectivity index (χ1) is 25.6. The molecule has 52 heavy (non-hydrogen) atoms. The van der Waals surface area contributed by atoms with Gasteiger partial charge < -0.3 is 19.1 Å². The van der Waals surface area contributed by atoms with Crippen LogP contribution in [-0.4, -0.2) is 38.8 Å². The summed E-state index contributed by atoms with van der Waals surface area (Å²) in [5, 5.41) is 0. The summed E-state index contributed by atoms with van der Waals surface area (Å²) in [7, 11) is 0. The van der Waals surface area contributed by atoms with Gasteiger partial charge in [-0.2, -0.15) is 4.89 Å². The minimum absolute atomic E-state index is 0.0258. The van der Waals surface area contributed by atoms with Crippen molar-refractivity contribution in [1.82, 2.24) is 0 Å². The van der Waals surface area contributed by atoms with Crippen molar-refractivity contribution >= 4 is 0 Å². The van der Waals surface area contributed by atoms with Crippen molar-refractivity contribution in [3.05, 3.63) is 137 Å². The molecule has 0 spiro atoms. The molecule has 0 amide bonds. The molecular formula is C45H52O7. The SMILES string of the molecule is C=CCOOCCCCCCOc1ccc(OOC[C@@](C)(c2ccccc2)C2Oc3ccc4c(c3[C@H]3c5ccccc5CC[C@H]3O2)CCCC4)cc1. The predicted octanol–water partition coefficient (Wildman–Crippen LogP) is 9.79. The van der Waals surface area contributed by atoms with E-state index in [1.807, 2.05) is 30.3 Å². The maximum absolute atomic E-state index is 7.18. The minimum atomic E-state index is -0.686. The highest BCUT2D eigenvalue weighted by Gasteiger charge is 2.47. The number of aryl methyl sites for hydroxylation is 2. The lowest BCUT2D eigenvalue weighted by Gasteiger charge is -2.39. The normalized spacial score (nSPS) is 20.1. The summed E-state index contributed by atoms with van der Waals surface area (Å²) < 4.78 is 20.2. The third-order valence-corrected chi connectivity index (χ3v) is 10.8. The van der Waals surface area contributed by atoms with Crippen LogP contribution in [0.25, 0.3) is 0 Å². The molecule has 274 valence electrons. The number of fused-ring (bicyclic) bond motifs is 7. The smallest absolute Gasteiger partial charge is 0.212 e. The average Bonchev–Trinajstić information content (AvgIpc) is 3.37. The van der Waals surface area contributed by atoms with Gasteiger partial charge in [-0.3, -0.25) is 0 Å². The number of hydrogen-bond acceptors (Lipinski definition) is 7. The second kappa shape index (κ2) is 17.6. The average molecular weight is 705 g/mol. The van der Waals surface area contributed by atoms with Gasteiger partial charge >= 0.3 is 0 Å². The van der Waals surface area contributed by atoms with Crippen molar-refractivity contribution in [2.45, 2.75) is 94.9 Å². The molecule has 4 aromatic rings. The molecule has 3 aliphatic rings. The van der Waals surface area contributed by atoms with E-state index in [0.29, 0.717) is 25.6 Å². The van der Waals surface area contributed by atoms with Gasteiger partial charge in [-0.05, 0) is 123 Å². The summed E-state index contributed by atoms with van der Waals surface area (Å²) in [6.45, 7) is 7.64. The number of unbranched alkanes of at least 4 members (excludes halogenated alkanes) is 3. The van der Waals surface area contributed by atoms with Crippen LogP contribution in [-0.2, 0) is 44.1 Å². The van der Waals surface area contributed by atoms with Gasteiger partial charge in [-0.15, -0.1) is 6.58 Å². The van der Waals surface area contributed by atoms with E-state index in [1.165, 1.54) is 40.7 Å². The van der Waals surface area contributed by atoms with Crippen LogP contribution in [0.2, 0.25) is 0 Å². The molecule has 0 bridgehead atoms. The van der Waals surface area contributed by atoms with Crippen molar-refractivity contribution in [2.24, 2.45) is 0 Å². The third kappa shape index (κ3) is 8.39. The topological polar surface area (TPSA) is 64.6 Å². The standard InChI is InChI=1S/C45H52O7/c1-3-29-47-48-31-14-5-4-13-30-46-36-23-25-37(26-24-36)52-49-32-45(2,35-17-7-6-8-18-35)44-50-40-27-21-33-15-9-11-19-38(33)42(40)43-39-20-12-10-16-34(39)22-28-41(43)51-44/h3,6-9,11,15,17-19,22-26,28,40,42,44H,1,4-5,10,12-14,16,20-21,27,29-32H2,2H3/t40-,42+,44?,45+/m1/s1. The molecule has 7 heteroatoms. The van der Waals surface area contributed by atoms with Crippen molar-refractivity contribution in [2.75, 3.05) is 26.4 Å². The summed E-state index contributed by atoms with van der Waals surface area (Å²) in [6, 6.07) is 31.4. The van der Waals surface area contributed by atoms with Crippen LogP contribution < -0.4 is 14.4 Å². The fraction of sp³-hybridized carbons (Fsp3) is 0.422. The molecule has 7 rings (SSSR count). The zero-order chi connectivity index (χ0) is 35.6. The first kappa shape index (κ1) is 36.2. The van der Waals surface area contributed by atoms with Gasteiger partial charge in [-0.25, -0.2) is 9.78 Å². The van der Waals surface area contributed by atoms with Gasteiger partial charge in [0, 0.05) is 11.5 Å². The van der Waals surface area contributed by atoms with E-state index in [9.17, 15) is 0 Å². The fourth-order valence-electron chi connectivity index (χ4n) is 7.96. The number of ether oxygens (including phenoxy) is 3. The predicted molar refractivity (Wildman–Crippen MR) is 202 cm³/mol. The van der Waals surface area contributed by atoms with Gasteiger partial charge in [-0.1, -0.05) is 73.2 Å². The molecule has 2 aliphatic carbocycles. The highest BCUT2D eigenvalue weighted by Crippen LogP contribution is 2.50. The number of rotatable bonds is 17. The summed E-state index contributed by atoms with van der Waals surface area (Å²) >= 11 is 0. The van der Waals surface area contributed by atoms with E-state index >= 15 is 0 Å². The highest BCUT2D eigenvalue weighted by molar-refractivity contribution is 5.55. The van der Waals surface area contributed by atoms with Gasteiger partial charge in [0.1, 0.15) is 24.7 Å². The van der Waals surface area contributed by atoms with Gasteiger partial charge in [0.2, 0.25) is 6.29 Å². The van der Waals surface area contributed by atoms with Gasteiger partial charge in [0.25, 0.3) is 0 Å². The van der Waals surface area contributed by atoms with Crippen LogP contribution in [0.4, 0.5) is 0 Å². The summed E-state index contributed by atoms with van der Waals surface area (Å²) in [5.74, 6) is 2.45. The highest BCUT2D eigenvalue weighted by atomic mass is 17.2. The van der Waals surface area contributed by atoms with Crippen LogP contribution in [0.3, 0.4) is 0 Å². The van der Waals surface area contributed by atoms with E-state index in [-0.39, 0.29) is 18.6 Å². The zero-order valence-electron chi connectivity index (χ0n) is 30.4. The molecule has 4 atom stereocenters. The van der Waals surface area contributed by atoms with E-state index in [0.717, 1.165) is 68.4 Å². The van der Waals surface area contributed by atoms with Crippen LogP contribution in [0, 0.1) is 0 Å². The fourth-order valence-corrected chi connectivity index (χ4v) is 7.96. The van der Waals surface area contributed by atoms with Crippen molar-refractivity contribution < 1.29 is 33.8 Å². The largest absolute Gasteiger partial charge is 0.494 e. The Morgan fingerprint density at radius 3 is 2.37 bits per heavy atom. The molecule has 1 unspecified atom stereocenters. The quantitative estimate of drug-likeness (QED) is 0.0469. The Bertz CT molecular complexity index is 1740. The Morgan fingerprint density at radius 2 is 1.52 bits per heavy atom. The molecule has 0 saturated carbocycles. The molecule has 0 radical (unpaired) electrons. The lowest BCUT2D eigenvalue weighted by atomic mass is 9.73. The Labute approximate surface area is 308 Å². The monoisotopic (exact) mass is 704 g/mol. The van der Waals surface area contributed by atoms with Crippen LogP contribution in [0.15, 0.2) is 104 Å². The summed E-state index contributed by atoms with van der Waals surface area (Å²) in [6.07, 6.45) is 11.7. The minimum Gasteiger partial charge on any atom is -0.494 e. The van der Waals surface area contributed by atoms with Crippen LogP contribution in [0.1, 0.15) is 91.2 Å². The van der Waals surface area contributed by atoms with Gasteiger partial charge in [0.05, 0.1) is 24.7 Å². The molecule has 7 nitrogen and oxygen atoms in total. The first-order valence-electron chi connectivity index (χ1n) is 19.1. The zero-order valence-corrected chi connectivity index (χ0v) is 30.4. The molecular weight excluding hydrogens is 652 g/mol. The summed E-state index contributed by atoms with van der Waals surface area (Å²) in [5.41, 5.74) is 7.41. The molecule has 1 heterocycles. The lowest BCUT2D eigenvalue weighted by Crippen LogP contribution is -2.48. The second-order valence-electron chi connectivity index (χ2n) is 14.4. The van der Waals surface area contributed by atoms with E-state index in [4.69, 9.17) is 33.8 Å². The first-order valence-corrected chi connectivity index (χ1v) is 19.1. The number of benzene rings is 4. The maximum Gasteiger partial charge on any atom is 0.212 e. The van der Waals surface area contributed by atoms with E-state index in [2.05, 4.69) is 74.2 Å². The Hall–Kier alpha value is -4.14. The van der Waals surface area contributed by atoms with Crippen molar-refractivity contribution in [3.8, 4) is 17.2 Å². The molecule has 0 aromatic heterocycles. The van der Waals surface area contributed by atoms with E-state index in [1.54, 1.807) is 6.08 Å². The Kier molecular flexibility index (Phi) is 12.3. The molecule has 1 aliphatic heterocycles. The number of hydrogen-bond donors (Lipinski definition) is 0. The van der Waals surface area contributed by atoms with Crippen molar-refractivity contribution in [1.29, 1.82) is 0 Å². The van der Waals surface area contributed by atoms with Crippen molar-refractivity contribution in [3.63, 3.8) is 0 Å². The Morgan fingerprint density at radius 1 is 0.750 bits per heavy atom. The third-order valence-electron chi connectivity index (χ3n) is 10.8. The summed E-state index contributed by atoms with van der Waals surface area (Å²) in [4.78, 5) is 22.0. The van der Waals surface area contributed by atoms with E-state index < -0.39 is 11.7 Å². The van der Waals surface area contributed by atoms with Gasteiger partial charge in [0.15, 0.2) is 5.75 Å². The maximum atomic E-state index is 7.18. The molecule has 0 fully saturated rings. The second-order valence-corrected chi connectivity index (χ2v) is 14.4. The molecule has 0 N–H and O–H groups in total. The van der Waals surface area contributed by atoms with Crippen LogP contribution >= 0.6 is 0 Å². The molecule has 4 aromatic carbocycles. The molecule has 0 saturated heterocycles. The van der Waals surface area contributed by atoms with Crippen LogP contribution in [0.5, 0.6) is 17.2 Å².